The SMILES string of the molecule is NC(N)=NC(N)=NC1COCC1O. The van der Waals surface area contributed by atoms with Gasteiger partial charge in [0.15, 0.2) is 5.96 Å². The van der Waals surface area contributed by atoms with E-state index in [2.05, 4.69) is 9.98 Å². The predicted octanol–water partition coefficient (Wildman–Crippen LogP) is -2.67. The molecule has 0 aromatic carbocycles. The summed E-state index contributed by atoms with van der Waals surface area (Å²) < 4.78 is 4.95. The Labute approximate surface area is 75.3 Å². The second-order valence-electron chi connectivity index (χ2n) is 2.70. The number of ether oxygens (including phenoxy) is 1. The minimum absolute atomic E-state index is 0.0467. The fraction of sp³-hybridized carbons (Fsp3) is 0.667. The van der Waals surface area contributed by atoms with Crippen molar-refractivity contribution in [3.63, 3.8) is 0 Å². The molecule has 2 unspecified atom stereocenters. The molecule has 2 atom stereocenters. The quantitative estimate of drug-likeness (QED) is 0.262. The highest BCUT2D eigenvalue weighted by Gasteiger charge is 2.25. The van der Waals surface area contributed by atoms with Gasteiger partial charge in [0, 0.05) is 0 Å². The fourth-order valence-electron chi connectivity index (χ4n) is 0.986. The van der Waals surface area contributed by atoms with Crippen LogP contribution in [-0.2, 0) is 4.74 Å². The number of hydrogen-bond donors (Lipinski definition) is 4. The van der Waals surface area contributed by atoms with Crippen molar-refractivity contribution in [3.8, 4) is 0 Å². The van der Waals surface area contributed by atoms with Crippen LogP contribution in [0.25, 0.3) is 0 Å². The summed E-state index contributed by atoms with van der Waals surface area (Å²) in [7, 11) is 0. The Morgan fingerprint density at radius 2 is 2.00 bits per heavy atom. The third-order valence-corrected chi connectivity index (χ3v) is 1.56. The third kappa shape index (κ3) is 2.88. The van der Waals surface area contributed by atoms with Crippen LogP contribution in [0.4, 0.5) is 0 Å². The molecule has 0 aliphatic carbocycles. The maximum Gasteiger partial charge on any atom is 0.219 e. The largest absolute Gasteiger partial charge is 0.388 e. The number of hydrogen-bond acceptors (Lipinski definition) is 3. The normalized spacial score (nSPS) is 28.8. The van der Waals surface area contributed by atoms with Crippen LogP contribution in [0.3, 0.4) is 0 Å². The average molecular weight is 187 g/mol. The minimum Gasteiger partial charge on any atom is -0.388 e. The Hall–Kier alpha value is -1.34. The molecule has 1 aliphatic rings. The van der Waals surface area contributed by atoms with Crippen molar-refractivity contribution in [2.75, 3.05) is 13.2 Å². The van der Waals surface area contributed by atoms with Gasteiger partial charge in [0.1, 0.15) is 12.1 Å². The summed E-state index contributed by atoms with van der Waals surface area (Å²) in [5, 5.41) is 9.27. The molecule has 74 valence electrons. The zero-order valence-corrected chi connectivity index (χ0v) is 7.05. The molecule has 0 saturated carbocycles. The van der Waals surface area contributed by atoms with Gasteiger partial charge in [-0.1, -0.05) is 0 Å². The van der Waals surface area contributed by atoms with Gasteiger partial charge in [0.2, 0.25) is 5.96 Å². The molecule has 0 bridgehead atoms. The summed E-state index contributed by atoms with van der Waals surface area (Å²) in [6.45, 7) is 0.602. The van der Waals surface area contributed by atoms with Crippen molar-refractivity contribution >= 4 is 11.9 Å². The first-order valence-corrected chi connectivity index (χ1v) is 3.78. The van der Waals surface area contributed by atoms with E-state index in [1.165, 1.54) is 0 Å². The van der Waals surface area contributed by atoms with Crippen LogP contribution >= 0.6 is 0 Å². The number of nitrogens with two attached hydrogens (primary N) is 3. The summed E-state index contributed by atoms with van der Waals surface area (Å²) in [6, 6.07) is -0.372. The highest BCUT2D eigenvalue weighted by Crippen LogP contribution is 2.08. The lowest BCUT2D eigenvalue weighted by Crippen LogP contribution is -2.29. The van der Waals surface area contributed by atoms with E-state index >= 15 is 0 Å². The van der Waals surface area contributed by atoms with Gasteiger partial charge in [-0.05, 0) is 0 Å². The summed E-state index contributed by atoms with van der Waals surface area (Å²) >= 11 is 0. The number of guanidine groups is 2. The average Bonchev–Trinajstić information content (AvgIpc) is 2.34. The molecule has 0 amide bonds. The Balaban J connectivity index is 2.59. The van der Waals surface area contributed by atoms with Gasteiger partial charge in [0.25, 0.3) is 0 Å². The van der Waals surface area contributed by atoms with Crippen LogP contribution in [0, 0.1) is 0 Å². The lowest BCUT2D eigenvalue weighted by Gasteiger charge is -2.05. The van der Waals surface area contributed by atoms with Crippen molar-refractivity contribution in [2.24, 2.45) is 27.2 Å². The van der Waals surface area contributed by atoms with E-state index in [4.69, 9.17) is 21.9 Å². The minimum atomic E-state index is -0.632. The van der Waals surface area contributed by atoms with Crippen LogP contribution < -0.4 is 17.2 Å². The number of rotatable bonds is 1. The van der Waals surface area contributed by atoms with Crippen LogP contribution in [0.5, 0.6) is 0 Å². The molecule has 7 heteroatoms. The molecule has 0 radical (unpaired) electrons. The molecule has 1 aliphatic heterocycles. The first kappa shape index (κ1) is 9.75. The van der Waals surface area contributed by atoms with Gasteiger partial charge < -0.3 is 27.0 Å². The Bertz CT molecular complexity index is 235. The summed E-state index contributed by atoms with van der Waals surface area (Å²) in [5.74, 6) is -0.204. The number of nitrogens with zero attached hydrogens (tertiary/aromatic N) is 2. The number of aliphatic hydroxyl groups excluding tert-OH is 1. The first-order valence-electron chi connectivity index (χ1n) is 3.78. The zero-order valence-electron chi connectivity index (χ0n) is 7.05. The van der Waals surface area contributed by atoms with Gasteiger partial charge in [-0.2, -0.15) is 4.99 Å². The van der Waals surface area contributed by atoms with E-state index in [-0.39, 0.29) is 24.6 Å². The molecule has 1 rings (SSSR count). The summed E-state index contributed by atoms with van der Waals surface area (Å²) in [4.78, 5) is 7.38. The van der Waals surface area contributed by atoms with Crippen LogP contribution in [0.15, 0.2) is 9.98 Å². The number of aliphatic hydroxyl groups is 1. The molecule has 7 nitrogen and oxygen atoms in total. The predicted molar refractivity (Wildman–Crippen MR) is 48.0 cm³/mol. The van der Waals surface area contributed by atoms with Gasteiger partial charge in [-0.15, -0.1) is 0 Å². The van der Waals surface area contributed by atoms with Crippen LogP contribution in [-0.4, -0.2) is 42.4 Å². The van der Waals surface area contributed by atoms with Crippen LogP contribution in [0.2, 0.25) is 0 Å². The molecule has 1 heterocycles. The van der Waals surface area contributed by atoms with Crippen molar-refractivity contribution < 1.29 is 9.84 Å². The standard InChI is InChI=1S/C6H13N5O2/c7-5(8)11-6(9)10-3-1-13-2-4(3)12/h3-4,12H,1-2H2,(H6,7,8,9,10,11). The number of aliphatic imine (C=N–C) groups is 2. The lowest BCUT2D eigenvalue weighted by molar-refractivity contribution is 0.125. The second-order valence-corrected chi connectivity index (χ2v) is 2.70. The molecule has 0 aromatic rings. The van der Waals surface area contributed by atoms with Crippen molar-refractivity contribution in [1.29, 1.82) is 0 Å². The van der Waals surface area contributed by atoms with Crippen molar-refractivity contribution in [1.82, 2.24) is 0 Å². The van der Waals surface area contributed by atoms with E-state index in [9.17, 15) is 5.11 Å². The smallest absolute Gasteiger partial charge is 0.219 e. The molecule has 13 heavy (non-hydrogen) atoms. The Morgan fingerprint density at radius 3 is 2.46 bits per heavy atom. The monoisotopic (exact) mass is 187 g/mol. The van der Waals surface area contributed by atoms with Crippen LogP contribution in [0.1, 0.15) is 0 Å². The molecular formula is C6H13N5O2. The van der Waals surface area contributed by atoms with E-state index < -0.39 is 6.10 Å². The maximum absolute atomic E-state index is 9.27. The van der Waals surface area contributed by atoms with Gasteiger partial charge in [0.05, 0.1) is 13.2 Å². The summed E-state index contributed by atoms with van der Waals surface area (Å²) in [6.07, 6.45) is -0.632. The molecule has 1 saturated heterocycles. The lowest BCUT2D eigenvalue weighted by atomic mass is 10.2. The molecule has 0 aromatic heterocycles. The van der Waals surface area contributed by atoms with Gasteiger partial charge in [-0.25, -0.2) is 4.99 Å². The van der Waals surface area contributed by atoms with E-state index in [0.29, 0.717) is 6.61 Å². The van der Waals surface area contributed by atoms with Gasteiger partial charge >= 0.3 is 0 Å². The van der Waals surface area contributed by atoms with E-state index in [1.807, 2.05) is 0 Å². The molecule has 7 N–H and O–H groups in total. The Kier molecular flexibility index (Phi) is 3.04. The third-order valence-electron chi connectivity index (χ3n) is 1.56. The molecular weight excluding hydrogens is 174 g/mol. The topological polar surface area (TPSA) is 132 Å². The van der Waals surface area contributed by atoms with Crippen molar-refractivity contribution in [2.45, 2.75) is 12.1 Å². The van der Waals surface area contributed by atoms with Crippen molar-refractivity contribution in [3.05, 3.63) is 0 Å². The first-order chi connectivity index (χ1) is 6.09. The summed E-state index contributed by atoms with van der Waals surface area (Å²) in [5.41, 5.74) is 15.5. The zero-order chi connectivity index (χ0) is 9.84. The highest BCUT2D eigenvalue weighted by atomic mass is 16.5. The molecule has 0 spiro atoms. The maximum atomic E-state index is 9.27. The fourth-order valence-corrected chi connectivity index (χ4v) is 0.986. The van der Waals surface area contributed by atoms with E-state index in [0.717, 1.165) is 0 Å². The van der Waals surface area contributed by atoms with E-state index in [1.54, 1.807) is 0 Å². The Morgan fingerprint density at radius 1 is 1.31 bits per heavy atom. The molecule has 1 fully saturated rings. The second kappa shape index (κ2) is 4.06. The van der Waals surface area contributed by atoms with Gasteiger partial charge in [-0.3, -0.25) is 0 Å². The highest BCUT2D eigenvalue weighted by molar-refractivity contribution is 5.92.